The van der Waals surface area contributed by atoms with Gasteiger partial charge in [-0.05, 0) is 118 Å². The van der Waals surface area contributed by atoms with Gasteiger partial charge in [-0.25, -0.2) is 4.98 Å². The van der Waals surface area contributed by atoms with E-state index in [9.17, 15) is 0 Å². The van der Waals surface area contributed by atoms with Gasteiger partial charge in [0, 0.05) is 49.3 Å². The van der Waals surface area contributed by atoms with Crippen molar-refractivity contribution in [2.75, 3.05) is 0 Å². The first kappa shape index (κ1) is 38.5. The Labute approximate surface area is 396 Å². The van der Waals surface area contributed by atoms with Crippen LogP contribution in [0.3, 0.4) is 0 Å². The van der Waals surface area contributed by atoms with Crippen LogP contribution in [0.4, 0.5) is 0 Å². The second-order valence-corrected chi connectivity index (χ2v) is 18.6. The van der Waals surface area contributed by atoms with Crippen molar-refractivity contribution < 1.29 is 0 Å². The fourth-order valence-corrected chi connectivity index (χ4v) is 11.5. The van der Waals surface area contributed by atoms with E-state index in [4.69, 9.17) is 4.98 Å². The van der Waals surface area contributed by atoms with Gasteiger partial charge in [-0.15, -0.1) is 0 Å². The van der Waals surface area contributed by atoms with Gasteiger partial charge in [-0.1, -0.05) is 163 Å². The third-order valence-electron chi connectivity index (χ3n) is 13.7. The van der Waals surface area contributed by atoms with Crippen molar-refractivity contribution in [2.45, 2.75) is 0 Å². The van der Waals surface area contributed by atoms with Crippen molar-refractivity contribution >= 4 is 76.8 Å². The highest BCUT2D eigenvalue weighted by Gasteiger charge is 2.21. The molecule has 0 saturated carbocycles. The molecule has 318 valence electrons. The van der Waals surface area contributed by atoms with E-state index >= 15 is 0 Å². The maximum Gasteiger partial charge on any atom is 0.125 e. The van der Waals surface area contributed by atoms with Crippen LogP contribution in [-0.4, -0.2) is 18.7 Å². The lowest BCUT2D eigenvalue weighted by Gasteiger charge is -2.10. The van der Waals surface area contributed by atoms with Crippen LogP contribution < -0.4 is 0 Å². The maximum atomic E-state index is 5.12. The predicted octanol–water partition coefficient (Wildman–Crippen LogP) is 17.1. The van der Waals surface area contributed by atoms with Gasteiger partial charge in [0.25, 0.3) is 0 Å². The third kappa shape index (κ3) is 6.10. The molecule has 0 spiro atoms. The van der Waals surface area contributed by atoms with Crippen LogP contribution in [0.5, 0.6) is 0 Å². The van der Waals surface area contributed by atoms with Crippen LogP contribution in [0.25, 0.3) is 126 Å². The zero-order valence-electron chi connectivity index (χ0n) is 36.8. The summed E-state index contributed by atoms with van der Waals surface area (Å²) < 4.78 is 7.22. The second kappa shape index (κ2) is 15.4. The van der Waals surface area contributed by atoms with E-state index < -0.39 is 0 Å². The average Bonchev–Trinajstić information content (AvgIpc) is 4.18. The molecule has 68 heavy (non-hydrogen) atoms. The lowest BCUT2D eigenvalue weighted by Crippen LogP contribution is -1.95. The molecule has 0 aliphatic carbocycles. The van der Waals surface area contributed by atoms with Gasteiger partial charge >= 0.3 is 0 Å². The monoisotopic (exact) mass is 884 g/mol. The highest BCUT2D eigenvalue weighted by Crippen LogP contribution is 2.43. The van der Waals surface area contributed by atoms with Crippen LogP contribution in [0.15, 0.2) is 243 Å². The summed E-state index contributed by atoms with van der Waals surface area (Å²) in [4.78, 5) is 5.12. The number of benzene rings is 10. The molecule has 0 aliphatic heterocycles. The van der Waals surface area contributed by atoms with E-state index in [2.05, 4.69) is 250 Å². The lowest BCUT2D eigenvalue weighted by atomic mass is 10.0. The van der Waals surface area contributed by atoms with E-state index in [1.165, 1.54) is 93.2 Å². The van der Waals surface area contributed by atoms with Gasteiger partial charge in [0.2, 0.25) is 0 Å². The second-order valence-electron chi connectivity index (χ2n) is 17.6. The van der Waals surface area contributed by atoms with Gasteiger partial charge < -0.3 is 9.13 Å². The number of aromatic nitrogens is 4. The molecule has 0 unspecified atom stereocenters. The number of fused-ring (bicyclic) bond motifs is 9. The molecular weight excluding hydrogens is 845 g/mol. The van der Waals surface area contributed by atoms with Crippen molar-refractivity contribution in [3.05, 3.63) is 243 Å². The number of hydrogen-bond acceptors (Lipinski definition) is 2. The number of rotatable bonds is 7. The molecular formula is C63H40N4S. The molecule has 0 amide bonds. The van der Waals surface area contributed by atoms with Crippen LogP contribution in [0, 0.1) is 0 Å². The third-order valence-corrected chi connectivity index (χ3v) is 14.8. The molecule has 10 aromatic carbocycles. The summed E-state index contributed by atoms with van der Waals surface area (Å²) in [5.74, 6) is 0. The maximum absolute atomic E-state index is 5.12. The van der Waals surface area contributed by atoms with Crippen molar-refractivity contribution in [2.24, 2.45) is 0 Å². The van der Waals surface area contributed by atoms with Crippen molar-refractivity contribution in [3.63, 3.8) is 0 Å². The number of para-hydroxylation sites is 3. The van der Waals surface area contributed by atoms with Crippen LogP contribution >= 0.6 is 11.3 Å². The molecule has 14 aromatic rings. The number of nitrogens with zero attached hydrogens (tertiary/aromatic N) is 4. The minimum Gasteiger partial charge on any atom is -0.309 e. The van der Waals surface area contributed by atoms with Gasteiger partial charge in [-0.2, -0.15) is 0 Å². The Morgan fingerprint density at radius 2 is 0.676 bits per heavy atom. The molecule has 0 bridgehead atoms. The standard InChI is InChI=1S/C63H40N4S/c1-5-16-41(17-6-1)44-28-32-58-51(35-44)52-36-45(42-18-7-2-8-19-42)29-33-59(52)67(58)62-40-64-63(68-62)47-21-15-20-43(34-47)46-30-31-57-53(37-46)55-38-54-50-26-13-14-27-56(50)65(48-22-9-3-10-23-48)60(54)39-61(55)66(57)49-24-11-4-12-25-49/h1-40H. The van der Waals surface area contributed by atoms with E-state index in [1.54, 1.807) is 11.3 Å². The smallest absolute Gasteiger partial charge is 0.125 e. The SMILES string of the molecule is c1ccc(-c2ccc3c(c2)c2cc(-c4ccccc4)ccc2n3-c2cnc(-c3cccc(-c4ccc5c(c4)c4cc6c7ccccc7n(-c7ccccc7)c6cc4n5-c4ccccc4)c3)s2)cc1. The summed E-state index contributed by atoms with van der Waals surface area (Å²) >= 11 is 1.73. The molecule has 0 aliphatic rings. The van der Waals surface area contributed by atoms with Crippen LogP contribution in [0.1, 0.15) is 0 Å². The molecule has 5 heteroatoms. The highest BCUT2D eigenvalue weighted by atomic mass is 32.1. The first-order chi connectivity index (χ1) is 33.7. The first-order valence-corrected chi connectivity index (χ1v) is 23.9. The Balaban J connectivity index is 0.899. The number of thiazole rings is 1. The summed E-state index contributed by atoms with van der Waals surface area (Å²) in [5.41, 5.74) is 17.6. The minimum absolute atomic E-state index is 0.984. The zero-order valence-corrected chi connectivity index (χ0v) is 37.6. The van der Waals surface area contributed by atoms with Crippen LogP contribution in [0.2, 0.25) is 0 Å². The highest BCUT2D eigenvalue weighted by molar-refractivity contribution is 7.17. The van der Waals surface area contributed by atoms with E-state index in [-0.39, 0.29) is 0 Å². The topological polar surface area (TPSA) is 27.7 Å². The first-order valence-electron chi connectivity index (χ1n) is 23.1. The van der Waals surface area contributed by atoms with Gasteiger partial charge in [0.15, 0.2) is 0 Å². The van der Waals surface area contributed by atoms with E-state index in [0.717, 1.165) is 32.5 Å². The Bertz CT molecular complexity index is 4140. The molecule has 0 saturated heterocycles. The molecule has 0 radical (unpaired) electrons. The van der Waals surface area contributed by atoms with Crippen molar-refractivity contribution in [1.82, 2.24) is 18.7 Å². The zero-order chi connectivity index (χ0) is 44.7. The fourth-order valence-electron chi connectivity index (χ4n) is 10.6. The average molecular weight is 885 g/mol. The molecule has 4 heterocycles. The Morgan fingerprint density at radius 1 is 0.265 bits per heavy atom. The van der Waals surface area contributed by atoms with Gasteiger partial charge in [0.1, 0.15) is 10.0 Å². The summed E-state index contributed by atoms with van der Waals surface area (Å²) in [6.45, 7) is 0. The van der Waals surface area contributed by atoms with E-state index in [0.29, 0.717) is 0 Å². The Morgan fingerprint density at radius 3 is 1.25 bits per heavy atom. The van der Waals surface area contributed by atoms with Crippen molar-refractivity contribution in [1.29, 1.82) is 0 Å². The fraction of sp³-hybridized carbons (Fsp3) is 0. The Kier molecular flexibility index (Phi) is 8.73. The lowest BCUT2D eigenvalue weighted by molar-refractivity contribution is 1.16. The van der Waals surface area contributed by atoms with Crippen LogP contribution in [-0.2, 0) is 0 Å². The predicted molar refractivity (Wildman–Crippen MR) is 287 cm³/mol. The quantitative estimate of drug-likeness (QED) is 0.157. The van der Waals surface area contributed by atoms with Gasteiger partial charge in [-0.3, -0.25) is 4.57 Å². The minimum atomic E-state index is 0.984. The Hall–Kier alpha value is -8.77. The number of hydrogen-bond donors (Lipinski definition) is 0. The summed E-state index contributed by atoms with van der Waals surface area (Å²) in [7, 11) is 0. The summed E-state index contributed by atoms with van der Waals surface area (Å²) in [6.07, 6.45) is 2.04. The molecule has 14 rings (SSSR count). The normalized spacial score (nSPS) is 11.8. The molecule has 4 nitrogen and oxygen atoms in total. The van der Waals surface area contributed by atoms with E-state index in [1.807, 2.05) is 6.20 Å². The van der Waals surface area contributed by atoms with Crippen molar-refractivity contribution in [3.8, 4) is 60.3 Å². The largest absolute Gasteiger partial charge is 0.309 e. The summed E-state index contributed by atoms with van der Waals surface area (Å²) in [5, 5.41) is 9.46. The molecule has 0 N–H and O–H groups in total. The summed E-state index contributed by atoms with van der Waals surface area (Å²) in [6, 6.07) is 86.0. The molecule has 4 aromatic heterocycles. The molecule has 0 fully saturated rings. The molecule has 0 atom stereocenters. The van der Waals surface area contributed by atoms with Gasteiger partial charge in [0.05, 0.1) is 39.3 Å².